The highest BCUT2D eigenvalue weighted by molar-refractivity contribution is 6.30. The van der Waals surface area contributed by atoms with Crippen molar-refractivity contribution in [1.82, 2.24) is 19.3 Å². The molecule has 31 heavy (non-hydrogen) atoms. The topological polar surface area (TPSA) is 79.8 Å². The molecule has 4 aromatic rings. The van der Waals surface area contributed by atoms with Crippen LogP contribution in [0.25, 0.3) is 16.4 Å². The zero-order chi connectivity index (χ0) is 21.4. The Hall–Kier alpha value is -3.23. The largest absolute Gasteiger partial charge is 0.370 e. The molecule has 0 unspecified atom stereocenters. The number of aromatic nitrogens is 3. The van der Waals surface area contributed by atoms with Crippen molar-refractivity contribution in [3.63, 3.8) is 0 Å². The fourth-order valence-corrected chi connectivity index (χ4v) is 4.45. The standard InChI is InChI=1S/C22H21ClN6O2/c23-16-2-5-22-25-17(15-28(22)13-16)14-26-8-1-9-27(11-10-26)20-3-4-21(29(30)31)19-12-24-7-6-18(19)20/h2-7,12-13,15H,1,8-11,14H2. The number of hydrogen-bond donors (Lipinski definition) is 0. The van der Waals surface area contributed by atoms with E-state index in [1.807, 2.05) is 41.1 Å². The molecule has 8 nitrogen and oxygen atoms in total. The number of fused-ring (bicyclic) bond motifs is 2. The maximum Gasteiger partial charge on any atom is 0.278 e. The lowest BCUT2D eigenvalue weighted by Crippen LogP contribution is -2.30. The van der Waals surface area contributed by atoms with Gasteiger partial charge in [0.05, 0.1) is 21.0 Å². The van der Waals surface area contributed by atoms with Crippen LogP contribution in [-0.2, 0) is 6.54 Å². The van der Waals surface area contributed by atoms with Crippen LogP contribution in [-0.4, -0.2) is 50.4 Å². The van der Waals surface area contributed by atoms with Gasteiger partial charge in [0.2, 0.25) is 0 Å². The van der Waals surface area contributed by atoms with Crippen LogP contribution >= 0.6 is 11.6 Å². The van der Waals surface area contributed by atoms with Gasteiger partial charge in [-0.2, -0.15) is 0 Å². The SMILES string of the molecule is O=[N+]([O-])c1ccc(N2CCCN(Cc3cn4cc(Cl)ccc4n3)CC2)c2ccncc12. The molecule has 0 atom stereocenters. The van der Waals surface area contributed by atoms with Crippen LogP contribution in [0.1, 0.15) is 12.1 Å². The van der Waals surface area contributed by atoms with Gasteiger partial charge in [0.25, 0.3) is 5.69 Å². The molecule has 1 aliphatic rings. The molecule has 1 aliphatic heterocycles. The van der Waals surface area contributed by atoms with E-state index in [1.165, 1.54) is 0 Å². The Morgan fingerprint density at radius 2 is 1.94 bits per heavy atom. The van der Waals surface area contributed by atoms with Gasteiger partial charge in [-0.3, -0.25) is 20.0 Å². The lowest BCUT2D eigenvalue weighted by atomic mass is 10.1. The molecule has 1 saturated heterocycles. The number of nitro benzene ring substituents is 1. The quantitative estimate of drug-likeness (QED) is 0.353. The molecule has 0 amide bonds. The second kappa shape index (κ2) is 8.13. The van der Waals surface area contributed by atoms with Crippen LogP contribution in [0, 0.1) is 10.1 Å². The summed E-state index contributed by atoms with van der Waals surface area (Å²) in [5, 5.41) is 13.5. The first kappa shape index (κ1) is 19.7. The van der Waals surface area contributed by atoms with E-state index in [2.05, 4.69) is 14.8 Å². The smallest absolute Gasteiger partial charge is 0.278 e. The van der Waals surface area contributed by atoms with Crippen molar-refractivity contribution in [1.29, 1.82) is 0 Å². The molecular formula is C22H21ClN6O2. The van der Waals surface area contributed by atoms with Crippen LogP contribution < -0.4 is 4.90 Å². The number of benzene rings is 1. The van der Waals surface area contributed by atoms with Crippen molar-refractivity contribution in [2.75, 3.05) is 31.1 Å². The van der Waals surface area contributed by atoms with E-state index in [-0.39, 0.29) is 10.6 Å². The molecule has 5 rings (SSSR count). The molecule has 1 aromatic carbocycles. The van der Waals surface area contributed by atoms with Gasteiger partial charge >= 0.3 is 0 Å². The van der Waals surface area contributed by atoms with Gasteiger partial charge < -0.3 is 9.30 Å². The van der Waals surface area contributed by atoms with Gasteiger partial charge in [-0.05, 0) is 30.7 Å². The third kappa shape index (κ3) is 3.92. The third-order valence-corrected chi connectivity index (χ3v) is 5.97. The molecule has 3 aromatic heterocycles. The lowest BCUT2D eigenvalue weighted by molar-refractivity contribution is -0.383. The van der Waals surface area contributed by atoms with Crippen LogP contribution in [0.4, 0.5) is 11.4 Å². The van der Waals surface area contributed by atoms with Gasteiger partial charge in [-0.15, -0.1) is 0 Å². The molecule has 158 valence electrons. The number of nitrogens with zero attached hydrogens (tertiary/aromatic N) is 6. The number of nitro groups is 1. The van der Waals surface area contributed by atoms with Crippen LogP contribution in [0.3, 0.4) is 0 Å². The Balaban J connectivity index is 1.35. The van der Waals surface area contributed by atoms with Gasteiger partial charge in [0.1, 0.15) is 5.65 Å². The molecule has 0 N–H and O–H groups in total. The van der Waals surface area contributed by atoms with Crippen molar-refractivity contribution >= 4 is 39.4 Å². The number of non-ortho nitro benzene ring substituents is 1. The van der Waals surface area contributed by atoms with Crippen molar-refractivity contribution in [3.05, 3.63) is 76.0 Å². The van der Waals surface area contributed by atoms with Crippen molar-refractivity contribution in [2.45, 2.75) is 13.0 Å². The molecule has 0 spiro atoms. The van der Waals surface area contributed by atoms with Crippen LogP contribution in [0.15, 0.2) is 55.1 Å². The summed E-state index contributed by atoms with van der Waals surface area (Å²) in [6, 6.07) is 9.08. The first-order chi connectivity index (χ1) is 15.1. The summed E-state index contributed by atoms with van der Waals surface area (Å²) in [6.07, 6.45) is 8.17. The average Bonchev–Trinajstić information content (AvgIpc) is 3.01. The average molecular weight is 437 g/mol. The minimum atomic E-state index is -0.347. The second-order valence-corrected chi connectivity index (χ2v) is 8.18. The summed E-state index contributed by atoms with van der Waals surface area (Å²) in [5.74, 6) is 0. The van der Waals surface area contributed by atoms with Gasteiger partial charge in [0, 0.05) is 74.7 Å². The first-order valence-electron chi connectivity index (χ1n) is 10.2. The summed E-state index contributed by atoms with van der Waals surface area (Å²) < 4.78 is 1.96. The van der Waals surface area contributed by atoms with E-state index >= 15 is 0 Å². The number of anilines is 1. The lowest BCUT2D eigenvalue weighted by Gasteiger charge is -2.24. The molecule has 0 radical (unpaired) electrons. The number of halogens is 1. The summed E-state index contributed by atoms with van der Waals surface area (Å²) in [7, 11) is 0. The third-order valence-electron chi connectivity index (χ3n) is 5.75. The fraction of sp³-hybridized carbons (Fsp3) is 0.273. The minimum absolute atomic E-state index is 0.0928. The Morgan fingerprint density at radius 3 is 2.81 bits per heavy atom. The zero-order valence-electron chi connectivity index (χ0n) is 16.8. The van der Waals surface area contributed by atoms with E-state index in [0.717, 1.165) is 61.6 Å². The van der Waals surface area contributed by atoms with Crippen molar-refractivity contribution in [3.8, 4) is 0 Å². The van der Waals surface area contributed by atoms with E-state index in [4.69, 9.17) is 16.6 Å². The van der Waals surface area contributed by atoms with E-state index in [9.17, 15) is 10.1 Å². The summed E-state index contributed by atoms with van der Waals surface area (Å²) in [4.78, 5) is 24.6. The Labute approximate surface area is 183 Å². The Bertz CT molecular complexity index is 1270. The maximum absolute atomic E-state index is 11.4. The molecule has 4 heterocycles. The predicted molar refractivity (Wildman–Crippen MR) is 121 cm³/mol. The second-order valence-electron chi connectivity index (χ2n) is 7.74. The zero-order valence-corrected chi connectivity index (χ0v) is 17.6. The highest BCUT2D eigenvalue weighted by atomic mass is 35.5. The normalized spacial score (nSPS) is 15.5. The Morgan fingerprint density at radius 1 is 1.03 bits per heavy atom. The number of pyridine rings is 2. The Kier molecular flexibility index (Phi) is 5.17. The number of rotatable bonds is 4. The predicted octanol–water partition coefficient (Wildman–Crippen LogP) is 4.16. The van der Waals surface area contributed by atoms with E-state index in [0.29, 0.717) is 10.4 Å². The van der Waals surface area contributed by atoms with Gasteiger partial charge in [0.15, 0.2) is 0 Å². The molecular weight excluding hydrogens is 416 g/mol. The minimum Gasteiger partial charge on any atom is -0.370 e. The summed E-state index contributed by atoms with van der Waals surface area (Å²) in [5.41, 5.74) is 3.02. The highest BCUT2D eigenvalue weighted by Gasteiger charge is 2.21. The summed E-state index contributed by atoms with van der Waals surface area (Å²) >= 11 is 6.08. The molecule has 0 bridgehead atoms. The van der Waals surface area contributed by atoms with Crippen LogP contribution in [0.2, 0.25) is 5.02 Å². The van der Waals surface area contributed by atoms with E-state index in [1.54, 1.807) is 18.5 Å². The van der Waals surface area contributed by atoms with Gasteiger partial charge in [-0.25, -0.2) is 4.98 Å². The molecule has 1 fully saturated rings. The molecule has 9 heteroatoms. The monoisotopic (exact) mass is 436 g/mol. The highest BCUT2D eigenvalue weighted by Crippen LogP contribution is 2.33. The van der Waals surface area contributed by atoms with Crippen LogP contribution in [0.5, 0.6) is 0 Å². The first-order valence-corrected chi connectivity index (χ1v) is 10.6. The molecule has 0 saturated carbocycles. The van der Waals surface area contributed by atoms with Crippen molar-refractivity contribution < 1.29 is 4.92 Å². The number of hydrogen-bond acceptors (Lipinski definition) is 6. The van der Waals surface area contributed by atoms with Gasteiger partial charge in [-0.1, -0.05) is 11.6 Å². The fourth-order valence-electron chi connectivity index (χ4n) is 4.29. The maximum atomic E-state index is 11.4. The summed E-state index contributed by atoms with van der Waals surface area (Å²) in [6.45, 7) is 4.37. The van der Waals surface area contributed by atoms with E-state index < -0.39 is 0 Å². The number of imidazole rings is 1. The van der Waals surface area contributed by atoms with Crippen molar-refractivity contribution in [2.24, 2.45) is 0 Å². The molecule has 0 aliphatic carbocycles.